The van der Waals surface area contributed by atoms with E-state index in [9.17, 15) is 9.59 Å². The molecular formula is C19H18Cl2N2O2. The van der Waals surface area contributed by atoms with E-state index in [1.54, 1.807) is 6.07 Å². The molecular weight excluding hydrogens is 359 g/mol. The van der Waals surface area contributed by atoms with Crippen molar-refractivity contribution in [3.63, 3.8) is 0 Å². The number of carbonyl (C=O) groups is 2. The smallest absolute Gasteiger partial charge is 0.253 e. The van der Waals surface area contributed by atoms with Crippen LogP contribution in [0.5, 0.6) is 0 Å². The molecule has 1 aliphatic carbocycles. The van der Waals surface area contributed by atoms with Gasteiger partial charge in [0.2, 0.25) is 5.91 Å². The summed E-state index contributed by atoms with van der Waals surface area (Å²) in [5.74, 6) is -0.624. The Kier molecular flexibility index (Phi) is 5.61. The maximum absolute atomic E-state index is 12.2. The standard InChI is InChI=1S/C19H18Cl2N2O2/c20-13-8-9-15(16(21)10-13)19(25)22-11-18(24)23-17-7-3-5-12-4-1-2-6-14(12)17/h1-2,4,6,8-10,17H,3,5,7,11H2,(H,22,25)(H,23,24)/t17-/m0/s1. The average Bonchev–Trinajstić information content (AvgIpc) is 2.60. The van der Waals surface area contributed by atoms with Gasteiger partial charge in [0.1, 0.15) is 0 Å². The van der Waals surface area contributed by atoms with Gasteiger partial charge in [-0.2, -0.15) is 0 Å². The van der Waals surface area contributed by atoms with E-state index in [4.69, 9.17) is 23.2 Å². The topological polar surface area (TPSA) is 58.2 Å². The molecule has 25 heavy (non-hydrogen) atoms. The average molecular weight is 377 g/mol. The van der Waals surface area contributed by atoms with Crippen LogP contribution in [0, 0.1) is 0 Å². The summed E-state index contributed by atoms with van der Waals surface area (Å²) in [7, 11) is 0. The van der Waals surface area contributed by atoms with E-state index in [1.165, 1.54) is 17.7 Å². The van der Waals surface area contributed by atoms with Crippen LogP contribution in [0.4, 0.5) is 0 Å². The predicted molar refractivity (Wildman–Crippen MR) is 99.1 cm³/mol. The summed E-state index contributed by atoms with van der Waals surface area (Å²) < 4.78 is 0. The zero-order valence-corrected chi connectivity index (χ0v) is 15.0. The van der Waals surface area contributed by atoms with Gasteiger partial charge in [0.05, 0.1) is 23.2 Å². The fourth-order valence-electron chi connectivity index (χ4n) is 3.08. The summed E-state index contributed by atoms with van der Waals surface area (Å²) in [6, 6.07) is 12.7. The van der Waals surface area contributed by atoms with Gasteiger partial charge in [-0.15, -0.1) is 0 Å². The summed E-state index contributed by atoms with van der Waals surface area (Å²) in [5, 5.41) is 6.30. The second kappa shape index (κ2) is 7.89. The Morgan fingerprint density at radius 3 is 2.72 bits per heavy atom. The van der Waals surface area contributed by atoms with E-state index >= 15 is 0 Å². The van der Waals surface area contributed by atoms with Crippen LogP contribution in [-0.2, 0) is 11.2 Å². The van der Waals surface area contributed by atoms with Crippen molar-refractivity contribution in [1.82, 2.24) is 10.6 Å². The first-order valence-electron chi connectivity index (χ1n) is 8.15. The van der Waals surface area contributed by atoms with E-state index in [0.29, 0.717) is 10.6 Å². The van der Waals surface area contributed by atoms with Gasteiger partial charge in [0.15, 0.2) is 0 Å². The van der Waals surface area contributed by atoms with Crippen molar-refractivity contribution in [2.75, 3.05) is 6.54 Å². The molecule has 1 atom stereocenters. The molecule has 0 saturated heterocycles. The third-order valence-corrected chi connectivity index (χ3v) is 4.84. The number of aryl methyl sites for hydroxylation is 1. The summed E-state index contributed by atoms with van der Waals surface area (Å²) in [5.41, 5.74) is 2.73. The Bertz CT molecular complexity index is 808. The third-order valence-electron chi connectivity index (χ3n) is 4.29. The predicted octanol–water partition coefficient (Wildman–Crippen LogP) is 3.92. The molecule has 2 N–H and O–H groups in total. The van der Waals surface area contributed by atoms with Gasteiger partial charge in [0, 0.05) is 5.02 Å². The van der Waals surface area contributed by atoms with Crippen LogP contribution >= 0.6 is 23.2 Å². The molecule has 0 aromatic heterocycles. The van der Waals surface area contributed by atoms with Crippen molar-refractivity contribution < 1.29 is 9.59 Å². The van der Waals surface area contributed by atoms with E-state index in [1.807, 2.05) is 18.2 Å². The molecule has 0 heterocycles. The number of hydrogen-bond acceptors (Lipinski definition) is 2. The fourth-order valence-corrected chi connectivity index (χ4v) is 3.57. The van der Waals surface area contributed by atoms with Crippen LogP contribution in [-0.4, -0.2) is 18.4 Å². The van der Waals surface area contributed by atoms with E-state index < -0.39 is 5.91 Å². The number of halogens is 2. The third kappa shape index (κ3) is 4.33. The van der Waals surface area contributed by atoms with Gasteiger partial charge < -0.3 is 10.6 Å². The molecule has 4 nitrogen and oxygen atoms in total. The molecule has 6 heteroatoms. The number of amides is 2. The number of carbonyl (C=O) groups excluding carboxylic acids is 2. The highest BCUT2D eigenvalue weighted by molar-refractivity contribution is 6.36. The molecule has 0 spiro atoms. The minimum absolute atomic E-state index is 0.00604. The normalized spacial score (nSPS) is 16.0. The SMILES string of the molecule is O=C(CNC(=O)c1ccc(Cl)cc1Cl)N[C@H]1CCCc2ccccc21. The monoisotopic (exact) mass is 376 g/mol. The highest BCUT2D eigenvalue weighted by Crippen LogP contribution is 2.29. The van der Waals surface area contributed by atoms with Crippen molar-refractivity contribution >= 4 is 35.0 Å². The van der Waals surface area contributed by atoms with E-state index in [-0.39, 0.29) is 23.5 Å². The van der Waals surface area contributed by atoms with Crippen LogP contribution in [0.3, 0.4) is 0 Å². The molecule has 0 aliphatic heterocycles. The lowest BCUT2D eigenvalue weighted by atomic mass is 9.88. The molecule has 0 fully saturated rings. The number of rotatable bonds is 4. The van der Waals surface area contributed by atoms with Crippen LogP contribution in [0.25, 0.3) is 0 Å². The fraction of sp³-hybridized carbons (Fsp3) is 0.263. The highest BCUT2D eigenvalue weighted by Gasteiger charge is 2.21. The van der Waals surface area contributed by atoms with Gasteiger partial charge >= 0.3 is 0 Å². The van der Waals surface area contributed by atoms with Crippen molar-refractivity contribution in [2.24, 2.45) is 0 Å². The molecule has 3 rings (SSSR count). The second-order valence-corrected chi connectivity index (χ2v) is 6.86. The van der Waals surface area contributed by atoms with Gasteiger partial charge in [0.25, 0.3) is 5.91 Å². The highest BCUT2D eigenvalue weighted by atomic mass is 35.5. The number of fused-ring (bicyclic) bond motifs is 1. The zero-order valence-electron chi connectivity index (χ0n) is 13.5. The first-order chi connectivity index (χ1) is 12.0. The number of benzene rings is 2. The van der Waals surface area contributed by atoms with Gasteiger partial charge in [-0.05, 0) is 48.6 Å². The van der Waals surface area contributed by atoms with E-state index in [0.717, 1.165) is 24.8 Å². The van der Waals surface area contributed by atoms with Crippen LogP contribution in [0.2, 0.25) is 10.0 Å². The molecule has 0 unspecified atom stereocenters. The van der Waals surface area contributed by atoms with Crippen molar-refractivity contribution in [1.29, 1.82) is 0 Å². The lowest BCUT2D eigenvalue weighted by Gasteiger charge is -2.26. The van der Waals surface area contributed by atoms with Crippen LogP contribution < -0.4 is 10.6 Å². The van der Waals surface area contributed by atoms with E-state index in [2.05, 4.69) is 16.7 Å². The Hall–Kier alpha value is -2.04. The van der Waals surface area contributed by atoms with Crippen molar-refractivity contribution in [2.45, 2.75) is 25.3 Å². The zero-order chi connectivity index (χ0) is 17.8. The summed E-state index contributed by atoms with van der Waals surface area (Å²) >= 11 is 11.8. The van der Waals surface area contributed by atoms with Gasteiger partial charge in [-0.25, -0.2) is 0 Å². The van der Waals surface area contributed by atoms with Crippen LogP contribution in [0.15, 0.2) is 42.5 Å². The largest absolute Gasteiger partial charge is 0.348 e. The lowest BCUT2D eigenvalue weighted by Crippen LogP contribution is -2.39. The summed E-state index contributed by atoms with van der Waals surface area (Å²) in [6.45, 7) is -0.101. The quantitative estimate of drug-likeness (QED) is 0.849. The summed E-state index contributed by atoms with van der Waals surface area (Å²) in [4.78, 5) is 24.4. The minimum atomic E-state index is -0.402. The molecule has 2 aromatic rings. The maximum atomic E-state index is 12.2. The Morgan fingerprint density at radius 2 is 1.92 bits per heavy atom. The maximum Gasteiger partial charge on any atom is 0.253 e. The molecule has 2 aromatic carbocycles. The second-order valence-electron chi connectivity index (χ2n) is 6.02. The number of nitrogens with one attached hydrogen (secondary N) is 2. The Balaban J connectivity index is 1.58. The first-order valence-corrected chi connectivity index (χ1v) is 8.90. The van der Waals surface area contributed by atoms with Crippen molar-refractivity contribution in [3.8, 4) is 0 Å². The molecule has 0 saturated carbocycles. The van der Waals surface area contributed by atoms with Crippen molar-refractivity contribution in [3.05, 3.63) is 69.2 Å². The molecule has 2 amide bonds. The molecule has 0 radical (unpaired) electrons. The van der Waals surface area contributed by atoms with Gasteiger partial charge in [-0.1, -0.05) is 47.5 Å². The van der Waals surface area contributed by atoms with Gasteiger partial charge in [-0.3, -0.25) is 9.59 Å². The van der Waals surface area contributed by atoms with Crippen LogP contribution in [0.1, 0.15) is 40.4 Å². The Labute approximate surface area is 156 Å². The first kappa shape index (κ1) is 17.8. The molecule has 130 valence electrons. The number of hydrogen-bond donors (Lipinski definition) is 2. The Morgan fingerprint density at radius 1 is 1.12 bits per heavy atom. The molecule has 1 aliphatic rings. The molecule has 0 bridgehead atoms. The minimum Gasteiger partial charge on any atom is -0.348 e. The lowest BCUT2D eigenvalue weighted by molar-refractivity contribution is -0.121. The summed E-state index contributed by atoms with van der Waals surface area (Å²) in [6.07, 6.45) is 2.97.